The van der Waals surface area contributed by atoms with E-state index in [1.165, 1.54) is 25.0 Å². The maximum atomic E-state index is 11.9. The van der Waals surface area contributed by atoms with Crippen molar-refractivity contribution < 1.29 is 27.5 Å². The Labute approximate surface area is 156 Å². The van der Waals surface area contributed by atoms with Crippen LogP contribution in [0.1, 0.15) is 6.92 Å². The Hall–Kier alpha value is -2.76. The van der Waals surface area contributed by atoms with Gasteiger partial charge in [-0.15, -0.1) is 10.2 Å². The minimum Gasteiger partial charge on any atom is -0.440 e. The summed E-state index contributed by atoms with van der Waals surface area (Å²) in [7, 11) is 0. The molecule has 27 heavy (non-hydrogen) atoms. The van der Waals surface area contributed by atoms with Crippen LogP contribution in [-0.2, 0) is 9.53 Å². The van der Waals surface area contributed by atoms with Crippen LogP contribution in [0, 0.1) is 0 Å². The average Bonchev–Trinajstić information content (AvgIpc) is 3.04. The van der Waals surface area contributed by atoms with Gasteiger partial charge in [0.25, 0.3) is 0 Å². The van der Waals surface area contributed by atoms with Crippen molar-refractivity contribution in [3.8, 4) is 5.69 Å². The van der Waals surface area contributed by atoms with Crippen LogP contribution < -0.4 is 10.6 Å². The van der Waals surface area contributed by atoms with Crippen LogP contribution in [0.2, 0.25) is 0 Å². The monoisotopic (exact) mass is 403 g/mol. The number of nitrogens with zero attached hydrogens (tertiary/aromatic N) is 3. The van der Waals surface area contributed by atoms with Gasteiger partial charge in [-0.05, 0) is 18.2 Å². The normalized spacial score (nSPS) is 11.1. The second-order valence-corrected chi connectivity index (χ2v) is 6.24. The molecule has 1 heterocycles. The van der Waals surface area contributed by atoms with E-state index >= 15 is 0 Å². The number of ether oxygens (including phenoxy) is 1. The zero-order valence-corrected chi connectivity index (χ0v) is 14.9. The number of hydrogen-bond donors (Lipinski definition) is 2. The summed E-state index contributed by atoms with van der Waals surface area (Å²) < 4.78 is 41.5. The smallest absolute Gasteiger partial charge is 0.422 e. The molecular formula is C15H16F3N5O3S. The maximum Gasteiger partial charge on any atom is 0.422 e. The number of carbonyl (C=O) groups excluding carboxylic acids is 2. The lowest BCUT2D eigenvalue weighted by molar-refractivity contribution is -0.160. The number of rotatable bonds is 7. The largest absolute Gasteiger partial charge is 0.440 e. The minimum absolute atomic E-state index is 0.0835. The Morgan fingerprint density at radius 2 is 2.11 bits per heavy atom. The van der Waals surface area contributed by atoms with Crippen molar-refractivity contribution in [1.82, 2.24) is 20.1 Å². The highest BCUT2D eigenvalue weighted by Crippen LogP contribution is 2.21. The van der Waals surface area contributed by atoms with Gasteiger partial charge >= 0.3 is 12.3 Å². The Balaban J connectivity index is 1.87. The van der Waals surface area contributed by atoms with E-state index in [1.807, 2.05) is 0 Å². The van der Waals surface area contributed by atoms with Crippen molar-refractivity contribution in [2.75, 3.05) is 24.2 Å². The number of benzene rings is 1. The van der Waals surface area contributed by atoms with E-state index in [2.05, 4.69) is 25.6 Å². The molecule has 0 radical (unpaired) electrons. The van der Waals surface area contributed by atoms with Gasteiger partial charge in [-0.3, -0.25) is 9.36 Å². The molecule has 0 spiro atoms. The van der Waals surface area contributed by atoms with E-state index in [0.717, 1.165) is 0 Å². The number of alkyl carbamates (subject to hydrolysis) is 1. The van der Waals surface area contributed by atoms with Crippen LogP contribution in [0.5, 0.6) is 0 Å². The summed E-state index contributed by atoms with van der Waals surface area (Å²) in [5, 5.41) is 13.2. The fourth-order valence-electron chi connectivity index (χ4n) is 1.93. The zero-order valence-electron chi connectivity index (χ0n) is 14.1. The van der Waals surface area contributed by atoms with Crippen LogP contribution >= 0.6 is 11.8 Å². The van der Waals surface area contributed by atoms with E-state index in [1.54, 1.807) is 28.8 Å². The lowest BCUT2D eigenvalue weighted by Gasteiger charge is -2.10. The van der Waals surface area contributed by atoms with E-state index in [0.29, 0.717) is 22.3 Å². The molecule has 0 aliphatic rings. The van der Waals surface area contributed by atoms with Crippen molar-refractivity contribution in [2.24, 2.45) is 0 Å². The van der Waals surface area contributed by atoms with Crippen molar-refractivity contribution >= 4 is 29.4 Å². The van der Waals surface area contributed by atoms with Crippen LogP contribution in [0.3, 0.4) is 0 Å². The van der Waals surface area contributed by atoms with Crippen LogP contribution in [0.25, 0.3) is 5.69 Å². The predicted molar refractivity (Wildman–Crippen MR) is 91.8 cm³/mol. The van der Waals surface area contributed by atoms with Gasteiger partial charge in [0.2, 0.25) is 5.91 Å². The average molecular weight is 403 g/mol. The molecule has 2 rings (SSSR count). The third-order valence-corrected chi connectivity index (χ3v) is 3.88. The number of hydrogen-bond acceptors (Lipinski definition) is 6. The molecule has 2 amide bonds. The number of amides is 2. The van der Waals surface area contributed by atoms with Gasteiger partial charge in [-0.2, -0.15) is 13.2 Å². The van der Waals surface area contributed by atoms with Gasteiger partial charge in [0, 0.05) is 24.9 Å². The third kappa shape index (κ3) is 7.17. The van der Waals surface area contributed by atoms with Gasteiger partial charge in [0.15, 0.2) is 11.8 Å². The Morgan fingerprint density at radius 3 is 2.81 bits per heavy atom. The Kier molecular flexibility index (Phi) is 7.05. The van der Waals surface area contributed by atoms with E-state index < -0.39 is 18.9 Å². The molecule has 8 nitrogen and oxygen atoms in total. The summed E-state index contributed by atoms with van der Waals surface area (Å²) in [6, 6.07) is 7.03. The van der Waals surface area contributed by atoms with Gasteiger partial charge in [0.1, 0.15) is 6.33 Å². The highest BCUT2D eigenvalue weighted by atomic mass is 32.2. The van der Waals surface area contributed by atoms with Crippen LogP contribution in [0.4, 0.5) is 23.7 Å². The SMILES string of the molecule is CC(=O)Nc1cccc(-n2cnnc2SCCNC(=O)OCC(F)(F)F)c1. The highest BCUT2D eigenvalue weighted by Gasteiger charge is 2.29. The van der Waals surface area contributed by atoms with Gasteiger partial charge < -0.3 is 15.4 Å². The van der Waals surface area contributed by atoms with Gasteiger partial charge in [-0.25, -0.2) is 4.79 Å². The molecule has 0 fully saturated rings. The molecular weight excluding hydrogens is 387 g/mol. The Bertz CT molecular complexity index is 797. The summed E-state index contributed by atoms with van der Waals surface area (Å²) in [5.74, 6) is 0.138. The number of alkyl halides is 3. The second kappa shape index (κ2) is 9.26. The summed E-state index contributed by atoms with van der Waals surface area (Å²) in [5.41, 5.74) is 1.32. The first-order valence-electron chi connectivity index (χ1n) is 7.63. The second-order valence-electron chi connectivity index (χ2n) is 5.18. The fraction of sp³-hybridized carbons (Fsp3) is 0.333. The number of thioether (sulfide) groups is 1. The van der Waals surface area contributed by atoms with E-state index in [-0.39, 0.29) is 12.5 Å². The molecule has 2 N–H and O–H groups in total. The predicted octanol–water partition coefficient (Wildman–Crippen LogP) is 2.61. The number of nitrogens with one attached hydrogen (secondary N) is 2. The molecule has 1 aromatic heterocycles. The molecule has 1 aromatic carbocycles. The quantitative estimate of drug-likeness (QED) is 0.545. The number of carbonyl (C=O) groups is 2. The highest BCUT2D eigenvalue weighted by molar-refractivity contribution is 7.99. The van der Waals surface area contributed by atoms with E-state index in [9.17, 15) is 22.8 Å². The van der Waals surface area contributed by atoms with Crippen molar-refractivity contribution in [3.05, 3.63) is 30.6 Å². The Morgan fingerprint density at radius 1 is 1.33 bits per heavy atom. The lowest BCUT2D eigenvalue weighted by atomic mass is 10.2. The molecule has 0 aliphatic carbocycles. The first-order chi connectivity index (χ1) is 12.7. The van der Waals surface area contributed by atoms with Gasteiger partial charge in [-0.1, -0.05) is 17.8 Å². The third-order valence-electron chi connectivity index (χ3n) is 2.93. The molecule has 0 unspecified atom stereocenters. The molecule has 0 aliphatic heterocycles. The first-order valence-corrected chi connectivity index (χ1v) is 8.61. The summed E-state index contributed by atoms with van der Waals surface area (Å²) >= 11 is 1.24. The molecule has 146 valence electrons. The molecule has 12 heteroatoms. The first kappa shape index (κ1) is 20.6. The summed E-state index contributed by atoms with van der Waals surface area (Å²) in [6.45, 7) is -0.148. The molecule has 2 aromatic rings. The van der Waals surface area contributed by atoms with Crippen molar-refractivity contribution in [2.45, 2.75) is 18.3 Å². The maximum absolute atomic E-state index is 11.9. The number of aromatic nitrogens is 3. The van der Waals surface area contributed by atoms with Gasteiger partial charge in [0.05, 0.1) is 5.69 Å². The van der Waals surface area contributed by atoms with Crippen LogP contribution in [-0.4, -0.2) is 51.8 Å². The van der Waals surface area contributed by atoms with Crippen LogP contribution in [0.15, 0.2) is 35.7 Å². The molecule has 0 saturated heterocycles. The fourth-order valence-corrected chi connectivity index (χ4v) is 2.71. The lowest BCUT2D eigenvalue weighted by Crippen LogP contribution is -2.30. The van der Waals surface area contributed by atoms with Crippen molar-refractivity contribution in [1.29, 1.82) is 0 Å². The van der Waals surface area contributed by atoms with E-state index in [4.69, 9.17) is 0 Å². The molecule has 0 saturated carbocycles. The summed E-state index contributed by atoms with van der Waals surface area (Å²) in [6.07, 6.45) is -4.22. The zero-order chi connectivity index (χ0) is 19.9. The molecule has 0 bridgehead atoms. The standard InChI is InChI=1S/C15H16F3N5O3S/c1-10(24)21-11-3-2-4-12(7-11)23-9-20-22-13(23)27-6-5-19-14(25)26-8-15(16,17)18/h2-4,7,9H,5-6,8H2,1H3,(H,19,25)(H,21,24). The van der Waals surface area contributed by atoms with Crippen molar-refractivity contribution in [3.63, 3.8) is 0 Å². The number of anilines is 1. The number of halogens is 3. The summed E-state index contributed by atoms with van der Waals surface area (Å²) in [4.78, 5) is 22.3. The molecule has 0 atom stereocenters. The minimum atomic E-state index is -4.56. The topological polar surface area (TPSA) is 98.1 Å².